The van der Waals surface area contributed by atoms with Gasteiger partial charge in [0, 0.05) is 4.92 Å². The van der Waals surface area contributed by atoms with Gasteiger partial charge in [-0.1, -0.05) is 19.8 Å². The van der Waals surface area contributed by atoms with Crippen LogP contribution >= 0.6 is 15.9 Å². The predicted octanol–water partition coefficient (Wildman–Crippen LogP) is 1.54. The molecule has 0 spiro atoms. The average molecular weight is 226 g/mol. The number of alkyl halides is 1. The van der Waals surface area contributed by atoms with E-state index in [4.69, 9.17) is 5.11 Å². The molecule has 2 atom stereocenters. The molecule has 0 amide bonds. The van der Waals surface area contributed by atoms with Gasteiger partial charge in [-0.3, -0.25) is 10.1 Å². The summed E-state index contributed by atoms with van der Waals surface area (Å²) >= 11 is 2.79. The average Bonchev–Trinajstić information content (AvgIpc) is 1.98. The molecule has 2 unspecified atom stereocenters. The first-order chi connectivity index (χ1) is 5.09. The number of aliphatic hydroxyl groups is 1. The van der Waals surface area contributed by atoms with Gasteiger partial charge in [0.2, 0.25) is 0 Å². The zero-order chi connectivity index (χ0) is 8.85. The van der Waals surface area contributed by atoms with E-state index >= 15 is 0 Å². The second-order valence-electron chi connectivity index (χ2n) is 2.37. The van der Waals surface area contributed by atoms with Crippen LogP contribution in [0.15, 0.2) is 0 Å². The predicted molar refractivity (Wildman–Crippen MR) is 45.2 cm³/mol. The number of aliphatic hydroxyl groups excluding tert-OH is 1. The molecule has 0 aromatic carbocycles. The topological polar surface area (TPSA) is 63.4 Å². The Morgan fingerprint density at radius 1 is 1.73 bits per heavy atom. The largest absolute Gasteiger partial charge is 0.385 e. The van der Waals surface area contributed by atoms with Gasteiger partial charge in [-0.2, -0.15) is 0 Å². The van der Waals surface area contributed by atoms with Crippen molar-refractivity contribution in [3.05, 3.63) is 10.1 Å². The van der Waals surface area contributed by atoms with Crippen molar-refractivity contribution in [1.29, 1.82) is 0 Å². The second-order valence-corrected chi connectivity index (χ2v) is 3.31. The summed E-state index contributed by atoms with van der Waals surface area (Å²) in [6, 6.07) is 0. The molecule has 11 heavy (non-hydrogen) atoms. The molecule has 0 aliphatic heterocycles. The molecular weight excluding hydrogens is 214 g/mol. The summed E-state index contributed by atoms with van der Waals surface area (Å²) in [6.45, 7) is 1.97. The zero-order valence-electron chi connectivity index (χ0n) is 6.36. The summed E-state index contributed by atoms with van der Waals surface area (Å²) in [5.74, 6) is 0. The fourth-order valence-corrected chi connectivity index (χ4v) is 0.956. The smallest absolute Gasteiger partial charge is 0.291 e. The summed E-state index contributed by atoms with van der Waals surface area (Å²) in [7, 11) is 0. The van der Waals surface area contributed by atoms with Crippen molar-refractivity contribution in [3.8, 4) is 0 Å². The molecule has 0 aromatic rings. The Kier molecular flexibility index (Phi) is 5.41. The van der Waals surface area contributed by atoms with Crippen LogP contribution in [0.5, 0.6) is 0 Å². The Hall–Kier alpha value is -0.160. The number of hydrogen-bond donors (Lipinski definition) is 1. The molecule has 0 rings (SSSR count). The van der Waals surface area contributed by atoms with E-state index in [1.165, 1.54) is 0 Å². The molecule has 0 aliphatic carbocycles. The highest BCUT2D eigenvalue weighted by molar-refractivity contribution is 9.09. The molecule has 0 radical (unpaired) electrons. The number of nitro groups is 1. The zero-order valence-corrected chi connectivity index (χ0v) is 7.95. The molecule has 0 aliphatic rings. The van der Waals surface area contributed by atoms with Gasteiger partial charge < -0.3 is 5.11 Å². The number of nitrogens with zero attached hydrogens (tertiary/aromatic N) is 1. The van der Waals surface area contributed by atoms with Gasteiger partial charge in [-0.15, -0.1) is 0 Å². The van der Waals surface area contributed by atoms with Gasteiger partial charge in [0.15, 0.2) is 0 Å². The van der Waals surface area contributed by atoms with Crippen LogP contribution in [0.1, 0.15) is 26.2 Å². The number of hydrogen-bond acceptors (Lipinski definition) is 3. The van der Waals surface area contributed by atoms with Crippen molar-refractivity contribution in [1.82, 2.24) is 0 Å². The van der Waals surface area contributed by atoms with Crippen LogP contribution in [-0.2, 0) is 0 Å². The molecule has 66 valence electrons. The molecule has 1 N–H and O–H groups in total. The maximum atomic E-state index is 10.1. The first-order valence-electron chi connectivity index (χ1n) is 3.55. The first-order valence-corrected chi connectivity index (χ1v) is 4.46. The molecule has 5 heteroatoms. The van der Waals surface area contributed by atoms with Gasteiger partial charge in [-0.05, 0) is 22.4 Å². The molecular formula is C6H12BrNO3. The quantitative estimate of drug-likeness (QED) is 0.334. The number of unbranched alkanes of at least 4 members (excludes halogenated alkanes) is 1. The summed E-state index contributed by atoms with van der Waals surface area (Å²) in [5, 5.41) is 19.2. The van der Waals surface area contributed by atoms with Gasteiger partial charge in [0.1, 0.15) is 6.10 Å². The highest BCUT2D eigenvalue weighted by Crippen LogP contribution is 2.12. The highest BCUT2D eigenvalue weighted by atomic mass is 79.9. The SMILES string of the molecule is CCCCC(O)C(Br)[N+](=O)[O-]. The molecule has 0 fully saturated rings. The van der Waals surface area contributed by atoms with Crippen molar-refractivity contribution >= 4 is 15.9 Å². The van der Waals surface area contributed by atoms with Gasteiger partial charge in [0.05, 0.1) is 0 Å². The Bertz CT molecular complexity index is 131. The number of rotatable bonds is 5. The Morgan fingerprint density at radius 2 is 2.27 bits per heavy atom. The third kappa shape index (κ3) is 4.31. The maximum absolute atomic E-state index is 10.1. The lowest BCUT2D eigenvalue weighted by Crippen LogP contribution is -2.27. The van der Waals surface area contributed by atoms with Crippen molar-refractivity contribution in [3.63, 3.8) is 0 Å². The minimum absolute atomic E-state index is 0.480. The van der Waals surface area contributed by atoms with Gasteiger partial charge in [0.25, 0.3) is 4.95 Å². The lowest BCUT2D eigenvalue weighted by Gasteiger charge is -2.08. The van der Waals surface area contributed by atoms with Crippen molar-refractivity contribution in [2.24, 2.45) is 0 Å². The molecule has 0 aromatic heterocycles. The van der Waals surface area contributed by atoms with Crippen molar-refractivity contribution in [2.45, 2.75) is 37.2 Å². The summed E-state index contributed by atoms with van der Waals surface area (Å²) in [4.78, 5) is 8.56. The number of halogens is 1. The van der Waals surface area contributed by atoms with E-state index in [1.54, 1.807) is 0 Å². The lowest BCUT2D eigenvalue weighted by molar-refractivity contribution is -0.504. The monoisotopic (exact) mass is 225 g/mol. The lowest BCUT2D eigenvalue weighted by atomic mass is 10.2. The van der Waals surface area contributed by atoms with Crippen LogP contribution in [0.3, 0.4) is 0 Å². The maximum Gasteiger partial charge on any atom is 0.291 e. The van der Waals surface area contributed by atoms with Crippen LogP contribution in [0.4, 0.5) is 0 Å². The van der Waals surface area contributed by atoms with E-state index in [0.29, 0.717) is 6.42 Å². The standard InChI is InChI=1S/C6H12BrNO3/c1-2-3-4-5(9)6(7)8(10)11/h5-6,9H,2-4H2,1H3. The normalized spacial score (nSPS) is 15.9. The van der Waals surface area contributed by atoms with Crippen molar-refractivity contribution in [2.75, 3.05) is 0 Å². The fraction of sp³-hybridized carbons (Fsp3) is 1.00. The Balaban J connectivity index is 3.63. The van der Waals surface area contributed by atoms with Crippen molar-refractivity contribution < 1.29 is 10.0 Å². The summed E-state index contributed by atoms with van der Waals surface area (Å²) in [6.07, 6.45) is 1.36. The van der Waals surface area contributed by atoms with Crippen LogP contribution in [0.2, 0.25) is 0 Å². The van der Waals surface area contributed by atoms with E-state index < -0.39 is 16.0 Å². The van der Waals surface area contributed by atoms with Crippen LogP contribution < -0.4 is 0 Å². The van der Waals surface area contributed by atoms with E-state index in [2.05, 4.69) is 15.9 Å². The second kappa shape index (κ2) is 5.49. The van der Waals surface area contributed by atoms with Crippen LogP contribution in [0, 0.1) is 10.1 Å². The van der Waals surface area contributed by atoms with E-state index in [9.17, 15) is 10.1 Å². The molecule has 0 heterocycles. The first kappa shape index (κ1) is 10.8. The fourth-order valence-electron chi connectivity index (χ4n) is 0.691. The third-order valence-electron chi connectivity index (χ3n) is 1.37. The molecule has 0 saturated heterocycles. The van der Waals surface area contributed by atoms with E-state index in [1.807, 2.05) is 6.92 Å². The minimum atomic E-state index is -1.02. The highest BCUT2D eigenvalue weighted by Gasteiger charge is 2.24. The molecule has 0 saturated carbocycles. The molecule has 4 nitrogen and oxygen atoms in total. The Morgan fingerprint density at radius 3 is 2.64 bits per heavy atom. The summed E-state index contributed by atoms with van der Waals surface area (Å²) < 4.78 is 0. The van der Waals surface area contributed by atoms with Crippen LogP contribution in [-0.4, -0.2) is 21.1 Å². The van der Waals surface area contributed by atoms with E-state index in [0.717, 1.165) is 12.8 Å². The van der Waals surface area contributed by atoms with Gasteiger partial charge in [-0.25, -0.2) is 0 Å². The third-order valence-corrected chi connectivity index (χ3v) is 2.32. The molecule has 0 bridgehead atoms. The van der Waals surface area contributed by atoms with Crippen LogP contribution in [0.25, 0.3) is 0 Å². The summed E-state index contributed by atoms with van der Waals surface area (Å²) in [5.41, 5.74) is 0. The van der Waals surface area contributed by atoms with E-state index in [-0.39, 0.29) is 0 Å². The minimum Gasteiger partial charge on any atom is -0.385 e. The van der Waals surface area contributed by atoms with Gasteiger partial charge >= 0.3 is 0 Å². The Labute approximate surface area is 73.9 Å².